The maximum atomic E-state index is 13.5. The van der Waals surface area contributed by atoms with Gasteiger partial charge in [0.2, 0.25) is 5.91 Å². The first-order valence-corrected chi connectivity index (χ1v) is 10.3. The van der Waals surface area contributed by atoms with Crippen LogP contribution in [-0.4, -0.2) is 60.5 Å². The zero-order chi connectivity index (χ0) is 21.7. The van der Waals surface area contributed by atoms with E-state index in [4.69, 9.17) is 9.47 Å². The molecule has 0 bridgehead atoms. The first-order valence-electron chi connectivity index (χ1n) is 10.3. The number of carbonyl (C=O) groups excluding carboxylic acids is 3. The van der Waals surface area contributed by atoms with Crippen LogP contribution in [0.2, 0.25) is 0 Å². The molecule has 1 atom stereocenters. The summed E-state index contributed by atoms with van der Waals surface area (Å²) >= 11 is 0. The Morgan fingerprint density at radius 2 is 1.79 bits per heavy atom. The van der Waals surface area contributed by atoms with E-state index in [2.05, 4.69) is 0 Å². The molecule has 2 rings (SSSR count). The number of ketones is 1. The lowest BCUT2D eigenvalue weighted by Gasteiger charge is -2.31. The molecule has 7 heteroatoms. The highest BCUT2D eigenvalue weighted by Gasteiger charge is 2.35. The van der Waals surface area contributed by atoms with Crippen molar-refractivity contribution in [2.45, 2.75) is 58.9 Å². The maximum Gasteiger partial charge on any atom is 0.354 e. The van der Waals surface area contributed by atoms with Gasteiger partial charge in [-0.2, -0.15) is 0 Å². The Morgan fingerprint density at radius 1 is 1.17 bits per heavy atom. The lowest BCUT2D eigenvalue weighted by molar-refractivity contribution is -0.136. The third-order valence-corrected chi connectivity index (χ3v) is 6.14. The minimum absolute atomic E-state index is 0.00334. The standard InChI is InChI=1S/C22H34N2O5/c1-14-18(15(2)23(4)19(14)22(27)29-6)20(25)16(3)24(12-9-13-28-5)21(26)17-10-7-8-11-17/h16-17H,7-13H2,1-6H3. The summed E-state index contributed by atoms with van der Waals surface area (Å²) in [7, 11) is 4.70. The highest BCUT2D eigenvalue weighted by Crippen LogP contribution is 2.29. The second-order valence-corrected chi connectivity index (χ2v) is 7.88. The van der Waals surface area contributed by atoms with Crippen LogP contribution < -0.4 is 0 Å². The van der Waals surface area contributed by atoms with E-state index in [0.29, 0.717) is 42.1 Å². The molecule has 0 spiro atoms. The van der Waals surface area contributed by atoms with Gasteiger partial charge in [0.1, 0.15) is 5.69 Å². The normalized spacial score (nSPS) is 15.4. The maximum absolute atomic E-state index is 13.5. The van der Waals surface area contributed by atoms with Gasteiger partial charge in [-0.1, -0.05) is 12.8 Å². The Kier molecular flexibility index (Phi) is 8.02. The van der Waals surface area contributed by atoms with Crippen molar-refractivity contribution in [3.05, 3.63) is 22.5 Å². The van der Waals surface area contributed by atoms with Crippen LogP contribution in [0.5, 0.6) is 0 Å². The molecule has 7 nitrogen and oxygen atoms in total. The topological polar surface area (TPSA) is 77.8 Å². The van der Waals surface area contributed by atoms with E-state index in [9.17, 15) is 14.4 Å². The Hall–Kier alpha value is -2.15. The van der Waals surface area contributed by atoms with Gasteiger partial charge in [0, 0.05) is 44.5 Å². The van der Waals surface area contributed by atoms with Gasteiger partial charge in [-0.3, -0.25) is 9.59 Å². The lowest BCUT2D eigenvalue weighted by Crippen LogP contribution is -2.46. The summed E-state index contributed by atoms with van der Waals surface area (Å²) in [4.78, 5) is 40.5. The van der Waals surface area contributed by atoms with Crippen molar-refractivity contribution in [3.8, 4) is 0 Å². The summed E-state index contributed by atoms with van der Waals surface area (Å²) in [6, 6.07) is -0.606. The molecule has 29 heavy (non-hydrogen) atoms. The molecular formula is C22H34N2O5. The number of rotatable bonds is 9. The van der Waals surface area contributed by atoms with Gasteiger partial charge in [0.25, 0.3) is 0 Å². The highest BCUT2D eigenvalue weighted by molar-refractivity contribution is 6.06. The number of esters is 1. The molecule has 1 aromatic heterocycles. The third kappa shape index (κ3) is 4.71. The van der Waals surface area contributed by atoms with Gasteiger partial charge in [-0.25, -0.2) is 4.79 Å². The molecule has 1 fully saturated rings. The second kappa shape index (κ2) is 10.1. The zero-order valence-electron chi connectivity index (χ0n) is 18.5. The Bertz CT molecular complexity index is 762. The molecule has 1 amide bonds. The molecule has 0 N–H and O–H groups in total. The van der Waals surface area contributed by atoms with Crippen molar-refractivity contribution in [1.29, 1.82) is 0 Å². The first-order chi connectivity index (χ1) is 13.8. The number of Topliss-reactive ketones (excluding diaryl/α,β-unsaturated/α-hetero) is 1. The fourth-order valence-corrected chi connectivity index (χ4v) is 4.36. The van der Waals surface area contributed by atoms with Crippen LogP contribution in [0.3, 0.4) is 0 Å². The lowest BCUT2D eigenvalue weighted by atomic mass is 9.98. The fourth-order valence-electron chi connectivity index (χ4n) is 4.36. The number of methoxy groups -OCH3 is 2. The number of hydrogen-bond donors (Lipinski definition) is 0. The van der Waals surface area contributed by atoms with Crippen molar-refractivity contribution in [3.63, 3.8) is 0 Å². The minimum atomic E-state index is -0.606. The monoisotopic (exact) mass is 406 g/mol. The molecule has 1 unspecified atom stereocenters. The fraction of sp³-hybridized carbons (Fsp3) is 0.682. The molecule has 1 heterocycles. The summed E-state index contributed by atoms with van der Waals surface area (Å²) in [5, 5.41) is 0. The van der Waals surface area contributed by atoms with Gasteiger partial charge >= 0.3 is 5.97 Å². The van der Waals surface area contributed by atoms with Gasteiger partial charge in [-0.15, -0.1) is 0 Å². The van der Waals surface area contributed by atoms with E-state index >= 15 is 0 Å². The Labute approximate surface area is 173 Å². The first kappa shape index (κ1) is 23.1. The zero-order valence-corrected chi connectivity index (χ0v) is 18.5. The summed E-state index contributed by atoms with van der Waals surface area (Å²) in [5.74, 6) is -0.566. The van der Waals surface area contributed by atoms with Crippen LogP contribution >= 0.6 is 0 Å². The van der Waals surface area contributed by atoms with Crippen molar-refractivity contribution < 1.29 is 23.9 Å². The van der Waals surface area contributed by atoms with E-state index in [1.54, 1.807) is 37.5 Å². The molecule has 1 aromatic rings. The van der Waals surface area contributed by atoms with Crippen LogP contribution in [-0.2, 0) is 21.3 Å². The van der Waals surface area contributed by atoms with Crippen molar-refractivity contribution >= 4 is 17.7 Å². The van der Waals surface area contributed by atoms with E-state index in [-0.39, 0.29) is 17.6 Å². The molecule has 0 aliphatic heterocycles. The number of aromatic nitrogens is 1. The SMILES string of the molecule is COCCCN(C(=O)C1CCCC1)C(C)C(=O)c1c(C)c(C(=O)OC)n(C)c1C. The predicted octanol–water partition coefficient (Wildman–Crippen LogP) is 3.06. The summed E-state index contributed by atoms with van der Waals surface area (Å²) in [6.07, 6.45) is 4.56. The third-order valence-electron chi connectivity index (χ3n) is 6.14. The van der Waals surface area contributed by atoms with Gasteiger partial charge < -0.3 is 18.9 Å². The van der Waals surface area contributed by atoms with Crippen LogP contribution in [0.4, 0.5) is 0 Å². The summed E-state index contributed by atoms with van der Waals surface area (Å²) < 4.78 is 11.7. The number of amides is 1. The molecule has 1 saturated carbocycles. The minimum Gasteiger partial charge on any atom is -0.464 e. The molecular weight excluding hydrogens is 372 g/mol. The Morgan fingerprint density at radius 3 is 2.34 bits per heavy atom. The molecule has 0 aromatic carbocycles. The predicted molar refractivity (Wildman–Crippen MR) is 110 cm³/mol. The molecule has 1 aliphatic carbocycles. The van der Waals surface area contributed by atoms with Crippen molar-refractivity contribution in [1.82, 2.24) is 9.47 Å². The number of carbonyl (C=O) groups is 3. The van der Waals surface area contributed by atoms with Gasteiger partial charge in [0.15, 0.2) is 5.78 Å². The summed E-state index contributed by atoms with van der Waals surface area (Å²) in [6.45, 7) is 6.36. The van der Waals surface area contributed by atoms with Gasteiger partial charge in [-0.05, 0) is 45.6 Å². The molecule has 0 radical (unpaired) electrons. The molecule has 162 valence electrons. The average molecular weight is 407 g/mol. The molecule has 0 saturated heterocycles. The van der Waals surface area contributed by atoms with Gasteiger partial charge in [0.05, 0.1) is 13.2 Å². The number of nitrogens with zero attached hydrogens (tertiary/aromatic N) is 2. The second-order valence-electron chi connectivity index (χ2n) is 7.88. The highest BCUT2D eigenvalue weighted by atomic mass is 16.5. The van der Waals surface area contributed by atoms with E-state index in [1.807, 2.05) is 6.92 Å². The number of hydrogen-bond acceptors (Lipinski definition) is 5. The molecule has 1 aliphatic rings. The largest absolute Gasteiger partial charge is 0.464 e. The van der Waals surface area contributed by atoms with Crippen molar-refractivity contribution in [2.75, 3.05) is 27.4 Å². The average Bonchev–Trinajstić information content (AvgIpc) is 3.31. The van der Waals surface area contributed by atoms with Crippen LogP contribution in [0.1, 0.15) is 71.1 Å². The van der Waals surface area contributed by atoms with E-state index in [0.717, 1.165) is 25.7 Å². The van der Waals surface area contributed by atoms with Crippen LogP contribution in [0, 0.1) is 19.8 Å². The van der Waals surface area contributed by atoms with E-state index < -0.39 is 12.0 Å². The smallest absolute Gasteiger partial charge is 0.354 e. The Balaban J connectivity index is 2.35. The van der Waals surface area contributed by atoms with E-state index in [1.165, 1.54) is 7.11 Å². The quantitative estimate of drug-likeness (QED) is 0.358. The van der Waals surface area contributed by atoms with Crippen LogP contribution in [0.15, 0.2) is 0 Å². The summed E-state index contributed by atoms with van der Waals surface area (Å²) in [5.41, 5.74) is 2.16. The van der Waals surface area contributed by atoms with Crippen molar-refractivity contribution in [2.24, 2.45) is 13.0 Å². The number of ether oxygens (including phenoxy) is 2. The van der Waals surface area contributed by atoms with Crippen LogP contribution in [0.25, 0.3) is 0 Å².